The van der Waals surface area contributed by atoms with Crippen LogP contribution in [0.15, 0.2) is 29.2 Å². The monoisotopic (exact) mass is 430 g/mol. The number of hydrogen-bond acceptors (Lipinski definition) is 5. The topological polar surface area (TPSA) is 94.9 Å². The number of nitrogens with one attached hydrogen (secondary N) is 1. The molecule has 10 heteroatoms. The summed E-state index contributed by atoms with van der Waals surface area (Å²) in [7, 11) is 0. The summed E-state index contributed by atoms with van der Waals surface area (Å²) in [6.07, 6.45) is 3.14. The van der Waals surface area contributed by atoms with Crippen LogP contribution in [0.25, 0.3) is 0 Å². The van der Waals surface area contributed by atoms with E-state index in [1.54, 1.807) is 4.90 Å². The normalized spacial score (nSPS) is 22.3. The minimum atomic E-state index is -0.963. The Morgan fingerprint density at radius 3 is 2.81 bits per heavy atom. The summed E-state index contributed by atoms with van der Waals surface area (Å²) in [6.45, 7) is 1.50. The van der Waals surface area contributed by atoms with Gasteiger partial charge in [0.05, 0.1) is 6.54 Å². The second-order valence-electron chi connectivity index (χ2n) is 8.11. The van der Waals surface area contributed by atoms with Gasteiger partial charge in [-0.15, -0.1) is 0 Å². The first kappa shape index (κ1) is 19.7. The predicted octanol–water partition coefficient (Wildman–Crippen LogP) is 1.02. The second-order valence-corrected chi connectivity index (χ2v) is 8.11. The van der Waals surface area contributed by atoms with Crippen LogP contribution < -0.4 is 10.7 Å². The molecule has 1 aromatic carbocycles. The van der Waals surface area contributed by atoms with E-state index in [9.17, 15) is 28.3 Å². The highest BCUT2D eigenvalue weighted by atomic mass is 19.1. The largest absolute Gasteiger partial charge is 0.503 e. The van der Waals surface area contributed by atoms with Gasteiger partial charge in [-0.2, -0.15) is 0 Å². The fraction of sp³-hybridized carbons (Fsp3) is 0.381. The molecule has 0 spiro atoms. The maximum absolute atomic E-state index is 13.8. The zero-order valence-corrected chi connectivity index (χ0v) is 16.5. The zero-order valence-electron chi connectivity index (χ0n) is 16.5. The lowest BCUT2D eigenvalue weighted by molar-refractivity contribution is 0.0513. The summed E-state index contributed by atoms with van der Waals surface area (Å²) in [5.41, 5.74) is -1.38. The number of benzene rings is 1. The Bertz CT molecular complexity index is 1160. The van der Waals surface area contributed by atoms with E-state index >= 15 is 0 Å². The van der Waals surface area contributed by atoms with Gasteiger partial charge in [-0.1, -0.05) is 6.07 Å². The van der Waals surface area contributed by atoms with Gasteiger partial charge in [0, 0.05) is 43.5 Å². The van der Waals surface area contributed by atoms with Crippen molar-refractivity contribution in [3.8, 4) is 5.75 Å². The number of carbonyl (C=O) groups is 2. The van der Waals surface area contributed by atoms with Gasteiger partial charge >= 0.3 is 0 Å². The van der Waals surface area contributed by atoms with E-state index in [1.807, 2.05) is 0 Å². The summed E-state index contributed by atoms with van der Waals surface area (Å²) in [4.78, 5) is 42.1. The molecule has 0 bridgehead atoms. The number of carbonyl (C=O) groups excluding carboxylic acids is 2. The van der Waals surface area contributed by atoms with Gasteiger partial charge in [0.25, 0.3) is 11.8 Å². The Hall–Kier alpha value is -3.27. The summed E-state index contributed by atoms with van der Waals surface area (Å²) in [5.74, 6) is -3.58. The molecule has 2 saturated heterocycles. The maximum Gasteiger partial charge on any atom is 0.275 e. The first-order valence-corrected chi connectivity index (χ1v) is 10.1. The zero-order chi connectivity index (χ0) is 21.9. The number of halogens is 2. The third kappa shape index (κ3) is 3.09. The van der Waals surface area contributed by atoms with Crippen LogP contribution in [0.5, 0.6) is 5.75 Å². The standard InChI is InChI=1S/C21H20F2N4O4/c22-12-4-3-11(15(23)6-12)7-24-20(30)14-9-25-10-16-26-5-1-2-13(26)8-27(16)21(31)17(25)19(29)18(14)28/h3-4,6,9,13,16,29H,1-2,5,7-8,10H2,(H,24,30)/t13-,16-/m1/s1. The number of rotatable bonds is 3. The molecule has 5 rings (SSSR count). The van der Waals surface area contributed by atoms with E-state index in [0.717, 1.165) is 25.5 Å². The molecule has 2 atom stereocenters. The molecule has 2 aromatic rings. The average molecular weight is 430 g/mol. The number of aromatic hydroxyl groups is 1. The van der Waals surface area contributed by atoms with Crippen LogP contribution in [0.2, 0.25) is 0 Å². The number of fused-ring (bicyclic) bond motifs is 4. The number of amides is 2. The summed E-state index contributed by atoms with van der Waals surface area (Å²) < 4.78 is 28.3. The maximum atomic E-state index is 13.8. The van der Waals surface area contributed by atoms with Crippen molar-refractivity contribution in [3.63, 3.8) is 0 Å². The highest BCUT2D eigenvalue weighted by Crippen LogP contribution is 2.35. The van der Waals surface area contributed by atoms with Gasteiger partial charge in [0.2, 0.25) is 5.43 Å². The highest BCUT2D eigenvalue weighted by molar-refractivity contribution is 5.99. The molecule has 3 aliphatic rings. The Balaban J connectivity index is 1.43. The number of nitrogens with zero attached hydrogens (tertiary/aromatic N) is 3. The fourth-order valence-electron chi connectivity index (χ4n) is 4.82. The molecular weight excluding hydrogens is 410 g/mol. The second kappa shape index (κ2) is 7.16. The van der Waals surface area contributed by atoms with E-state index in [1.165, 1.54) is 16.8 Å². The van der Waals surface area contributed by atoms with Crippen molar-refractivity contribution in [2.75, 3.05) is 13.1 Å². The van der Waals surface area contributed by atoms with Gasteiger partial charge in [0.15, 0.2) is 11.4 Å². The molecule has 31 heavy (non-hydrogen) atoms. The molecule has 1 aromatic heterocycles. The van der Waals surface area contributed by atoms with Crippen molar-refractivity contribution in [1.82, 2.24) is 19.7 Å². The molecule has 162 valence electrons. The molecule has 4 heterocycles. The summed E-state index contributed by atoms with van der Waals surface area (Å²) in [5, 5.41) is 12.9. The third-order valence-corrected chi connectivity index (χ3v) is 6.35. The smallest absolute Gasteiger partial charge is 0.275 e. The minimum Gasteiger partial charge on any atom is -0.503 e. The van der Waals surface area contributed by atoms with Gasteiger partial charge in [-0.25, -0.2) is 8.78 Å². The first-order valence-electron chi connectivity index (χ1n) is 10.1. The first-order chi connectivity index (χ1) is 14.8. The van der Waals surface area contributed by atoms with Crippen LogP contribution in [0, 0.1) is 11.6 Å². The van der Waals surface area contributed by atoms with Crippen LogP contribution in [0.3, 0.4) is 0 Å². The molecule has 0 radical (unpaired) electrons. The molecule has 2 fully saturated rings. The van der Waals surface area contributed by atoms with Crippen LogP contribution in [0.4, 0.5) is 8.78 Å². The molecule has 2 N–H and O–H groups in total. The quantitative estimate of drug-likeness (QED) is 0.759. The lowest BCUT2D eigenvalue weighted by Gasteiger charge is -2.35. The fourth-order valence-corrected chi connectivity index (χ4v) is 4.82. The van der Waals surface area contributed by atoms with Crippen molar-refractivity contribution in [3.05, 3.63) is 63.1 Å². The molecule has 8 nitrogen and oxygen atoms in total. The number of pyridine rings is 1. The van der Waals surface area contributed by atoms with Crippen LogP contribution >= 0.6 is 0 Å². The van der Waals surface area contributed by atoms with Crippen molar-refractivity contribution in [1.29, 1.82) is 0 Å². The Morgan fingerprint density at radius 2 is 2.03 bits per heavy atom. The minimum absolute atomic E-state index is 0.0499. The van der Waals surface area contributed by atoms with Crippen LogP contribution in [-0.4, -0.2) is 56.6 Å². The van der Waals surface area contributed by atoms with E-state index < -0.39 is 34.6 Å². The molecule has 0 aliphatic carbocycles. The lowest BCUT2D eigenvalue weighted by Crippen LogP contribution is -2.50. The third-order valence-electron chi connectivity index (χ3n) is 6.35. The molecule has 0 saturated carbocycles. The van der Waals surface area contributed by atoms with E-state index in [4.69, 9.17) is 0 Å². The van der Waals surface area contributed by atoms with Crippen molar-refractivity contribution in [2.24, 2.45) is 0 Å². The summed E-state index contributed by atoms with van der Waals surface area (Å²) in [6, 6.07) is 3.23. The molecule has 0 unspecified atom stereocenters. The highest BCUT2D eigenvalue weighted by Gasteiger charge is 2.48. The number of hydrogen-bond donors (Lipinski definition) is 2. The van der Waals surface area contributed by atoms with E-state index in [0.29, 0.717) is 19.2 Å². The number of aromatic nitrogens is 1. The van der Waals surface area contributed by atoms with Crippen LogP contribution in [-0.2, 0) is 13.1 Å². The predicted molar refractivity (Wildman–Crippen MR) is 104 cm³/mol. The van der Waals surface area contributed by atoms with Crippen molar-refractivity contribution in [2.45, 2.75) is 38.1 Å². The van der Waals surface area contributed by atoms with Crippen molar-refractivity contribution >= 4 is 11.8 Å². The molecule has 2 amide bonds. The van der Waals surface area contributed by atoms with Gasteiger partial charge < -0.3 is 19.9 Å². The van der Waals surface area contributed by atoms with E-state index in [-0.39, 0.29) is 35.6 Å². The van der Waals surface area contributed by atoms with Gasteiger partial charge in [-0.05, 0) is 18.9 Å². The van der Waals surface area contributed by atoms with Gasteiger partial charge in [0.1, 0.15) is 23.4 Å². The van der Waals surface area contributed by atoms with Crippen molar-refractivity contribution < 1.29 is 23.5 Å². The Kier molecular flexibility index (Phi) is 4.54. The molecule has 3 aliphatic heterocycles. The lowest BCUT2D eigenvalue weighted by atomic mass is 10.1. The van der Waals surface area contributed by atoms with Crippen LogP contribution in [0.1, 0.15) is 39.3 Å². The molecular formula is C21H20F2N4O4. The average Bonchev–Trinajstić information content (AvgIpc) is 3.32. The Morgan fingerprint density at radius 1 is 1.23 bits per heavy atom. The SMILES string of the molecule is O=C(NCc1ccc(F)cc1F)c1cn2c(c(O)c1=O)C(=O)N1C[C@H]3CCCN3[C@H]1C2. The Labute approximate surface area is 175 Å². The van der Waals surface area contributed by atoms with Gasteiger partial charge in [-0.3, -0.25) is 19.3 Å². The summed E-state index contributed by atoms with van der Waals surface area (Å²) >= 11 is 0. The van der Waals surface area contributed by atoms with E-state index in [2.05, 4.69) is 10.2 Å².